The molecule has 0 radical (unpaired) electrons. The van der Waals surface area contributed by atoms with Gasteiger partial charge in [-0.25, -0.2) is 4.39 Å². The Morgan fingerprint density at radius 3 is 2.80 bits per heavy atom. The van der Waals surface area contributed by atoms with Gasteiger partial charge in [0.25, 0.3) is 0 Å². The SMILES string of the molecule is COC(C)C(=O)Cc1ccc(Cl)cc1F. The second kappa shape index (κ2) is 5.24. The molecule has 15 heavy (non-hydrogen) atoms. The smallest absolute Gasteiger partial charge is 0.165 e. The number of Topliss-reactive ketones (excluding diaryl/α,β-unsaturated/α-hetero) is 1. The van der Waals surface area contributed by atoms with Gasteiger partial charge in [-0.1, -0.05) is 17.7 Å². The van der Waals surface area contributed by atoms with Crippen molar-refractivity contribution in [2.45, 2.75) is 19.4 Å². The Hall–Kier alpha value is -0.930. The lowest BCUT2D eigenvalue weighted by molar-refractivity contribution is -0.127. The summed E-state index contributed by atoms with van der Waals surface area (Å²) in [4.78, 5) is 11.5. The number of rotatable bonds is 4. The van der Waals surface area contributed by atoms with Crippen molar-refractivity contribution in [1.29, 1.82) is 0 Å². The molecule has 1 unspecified atom stereocenters. The van der Waals surface area contributed by atoms with E-state index in [4.69, 9.17) is 16.3 Å². The molecule has 0 aliphatic carbocycles. The number of ether oxygens (including phenoxy) is 1. The molecule has 0 bridgehead atoms. The van der Waals surface area contributed by atoms with Crippen LogP contribution in [-0.4, -0.2) is 19.0 Å². The van der Waals surface area contributed by atoms with Gasteiger partial charge in [0.15, 0.2) is 5.78 Å². The van der Waals surface area contributed by atoms with Gasteiger partial charge in [0, 0.05) is 18.6 Å². The molecule has 0 N–H and O–H groups in total. The maximum Gasteiger partial charge on any atom is 0.165 e. The molecule has 82 valence electrons. The Morgan fingerprint density at radius 1 is 1.60 bits per heavy atom. The normalized spacial score (nSPS) is 12.5. The first-order valence-corrected chi connectivity index (χ1v) is 4.92. The Bertz CT molecular complexity index is 366. The van der Waals surface area contributed by atoms with Crippen molar-refractivity contribution >= 4 is 17.4 Å². The molecule has 0 aliphatic rings. The summed E-state index contributed by atoms with van der Waals surface area (Å²) >= 11 is 5.59. The highest BCUT2D eigenvalue weighted by Gasteiger charge is 2.14. The molecule has 4 heteroatoms. The van der Waals surface area contributed by atoms with E-state index in [-0.39, 0.29) is 12.2 Å². The molecule has 0 aromatic heterocycles. The largest absolute Gasteiger partial charge is 0.374 e. The van der Waals surface area contributed by atoms with Crippen molar-refractivity contribution < 1.29 is 13.9 Å². The van der Waals surface area contributed by atoms with Crippen LogP contribution in [0, 0.1) is 5.82 Å². The van der Waals surface area contributed by atoms with E-state index in [9.17, 15) is 9.18 Å². The zero-order chi connectivity index (χ0) is 11.4. The molecular formula is C11H12ClFO2. The summed E-state index contributed by atoms with van der Waals surface area (Å²) in [5, 5.41) is 0.323. The third-order valence-corrected chi connectivity index (χ3v) is 2.42. The van der Waals surface area contributed by atoms with Crippen LogP contribution in [-0.2, 0) is 16.0 Å². The first kappa shape index (κ1) is 12.1. The highest BCUT2D eigenvalue weighted by Crippen LogP contribution is 2.15. The lowest BCUT2D eigenvalue weighted by atomic mass is 10.1. The average Bonchev–Trinajstić information content (AvgIpc) is 2.20. The molecule has 0 amide bonds. The highest BCUT2D eigenvalue weighted by molar-refractivity contribution is 6.30. The van der Waals surface area contributed by atoms with Gasteiger partial charge in [-0.2, -0.15) is 0 Å². The number of ketones is 1. The molecule has 1 rings (SSSR count). The minimum atomic E-state index is -0.514. The standard InChI is InChI=1S/C11H12ClFO2/c1-7(15-2)11(14)5-8-3-4-9(12)6-10(8)13/h3-4,6-7H,5H2,1-2H3. The molecule has 1 aromatic carbocycles. The van der Waals surface area contributed by atoms with Crippen LogP contribution in [0.25, 0.3) is 0 Å². The fraction of sp³-hybridized carbons (Fsp3) is 0.364. The summed E-state index contributed by atoms with van der Waals surface area (Å²) in [6.07, 6.45) is -0.488. The summed E-state index contributed by atoms with van der Waals surface area (Å²) in [5.74, 6) is -0.613. The number of hydrogen-bond donors (Lipinski definition) is 0. The minimum Gasteiger partial charge on any atom is -0.374 e. The van der Waals surface area contributed by atoms with Gasteiger partial charge in [0.2, 0.25) is 0 Å². The predicted molar refractivity (Wildman–Crippen MR) is 56.6 cm³/mol. The molecule has 0 spiro atoms. The van der Waals surface area contributed by atoms with Crippen molar-refractivity contribution in [3.05, 3.63) is 34.6 Å². The molecule has 1 aromatic rings. The number of carbonyl (C=O) groups excluding carboxylic acids is 1. The van der Waals surface area contributed by atoms with Crippen molar-refractivity contribution in [3.63, 3.8) is 0 Å². The molecule has 1 atom stereocenters. The Labute approximate surface area is 93.0 Å². The Kier molecular flexibility index (Phi) is 4.24. The van der Waals surface area contributed by atoms with Crippen LogP contribution < -0.4 is 0 Å². The zero-order valence-corrected chi connectivity index (χ0v) is 9.34. The lowest BCUT2D eigenvalue weighted by Crippen LogP contribution is -2.21. The number of benzene rings is 1. The summed E-state index contributed by atoms with van der Waals surface area (Å²) in [7, 11) is 1.45. The number of methoxy groups -OCH3 is 1. The van der Waals surface area contributed by atoms with E-state index in [1.165, 1.54) is 19.2 Å². The van der Waals surface area contributed by atoms with Crippen molar-refractivity contribution in [1.82, 2.24) is 0 Å². The maximum absolute atomic E-state index is 13.3. The van der Waals surface area contributed by atoms with Gasteiger partial charge in [-0.15, -0.1) is 0 Å². The number of hydrogen-bond acceptors (Lipinski definition) is 2. The first-order valence-electron chi connectivity index (χ1n) is 4.54. The van der Waals surface area contributed by atoms with Crippen molar-refractivity contribution in [2.24, 2.45) is 0 Å². The number of halogens is 2. The van der Waals surface area contributed by atoms with Crippen LogP contribution in [0.4, 0.5) is 4.39 Å². The molecular weight excluding hydrogens is 219 g/mol. The molecule has 0 fully saturated rings. The quantitative estimate of drug-likeness (QED) is 0.795. The van der Waals surface area contributed by atoms with Crippen LogP contribution in [0.15, 0.2) is 18.2 Å². The van der Waals surface area contributed by atoms with Crippen LogP contribution in [0.2, 0.25) is 5.02 Å². The van der Waals surface area contributed by atoms with E-state index in [0.717, 1.165) is 0 Å². The number of carbonyl (C=O) groups is 1. The van der Waals surface area contributed by atoms with Gasteiger partial charge >= 0.3 is 0 Å². The van der Waals surface area contributed by atoms with Gasteiger partial charge in [0.1, 0.15) is 11.9 Å². The molecule has 0 aliphatic heterocycles. The van der Waals surface area contributed by atoms with Crippen molar-refractivity contribution in [2.75, 3.05) is 7.11 Å². The zero-order valence-electron chi connectivity index (χ0n) is 8.59. The minimum absolute atomic E-state index is 0.0258. The van der Waals surface area contributed by atoms with E-state index in [1.807, 2.05) is 0 Å². The van der Waals surface area contributed by atoms with Crippen molar-refractivity contribution in [3.8, 4) is 0 Å². The lowest BCUT2D eigenvalue weighted by Gasteiger charge is -2.08. The van der Waals surface area contributed by atoms with Crippen LogP contribution in [0.3, 0.4) is 0 Å². The molecule has 0 heterocycles. The second-order valence-electron chi connectivity index (χ2n) is 3.26. The third-order valence-electron chi connectivity index (χ3n) is 2.19. The van der Waals surface area contributed by atoms with Crippen LogP contribution in [0.1, 0.15) is 12.5 Å². The third kappa shape index (κ3) is 3.29. The molecule has 0 saturated carbocycles. The van der Waals surface area contributed by atoms with E-state index in [1.54, 1.807) is 13.0 Å². The van der Waals surface area contributed by atoms with Gasteiger partial charge in [-0.05, 0) is 24.6 Å². The van der Waals surface area contributed by atoms with E-state index in [0.29, 0.717) is 10.6 Å². The fourth-order valence-electron chi connectivity index (χ4n) is 1.13. The molecule has 0 saturated heterocycles. The van der Waals surface area contributed by atoms with Crippen LogP contribution >= 0.6 is 11.6 Å². The summed E-state index contributed by atoms with van der Waals surface area (Å²) < 4.78 is 18.2. The fourth-order valence-corrected chi connectivity index (χ4v) is 1.29. The first-order chi connectivity index (χ1) is 7.04. The van der Waals surface area contributed by atoms with E-state index in [2.05, 4.69) is 0 Å². The summed E-state index contributed by atoms with van der Waals surface area (Å²) in [5.41, 5.74) is 0.341. The van der Waals surface area contributed by atoms with Gasteiger partial charge < -0.3 is 4.74 Å². The Morgan fingerprint density at radius 2 is 2.27 bits per heavy atom. The summed E-state index contributed by atoms with van der Waals surface area (Å²) in [6, 6.07) is 4.27. The summed E-state index contributed by atoms with van der Waals surface area (Å²) in [6.45, 7) is 1.64. The highest BCUT2D eigenvalue weighted by atomic mass is 35.5. The van der Waals surface area contributed by atoms with Crippen LogP contribution in [0.5, 0.6) is 0 Å². The van der Waals surface area contributed by atoms with E-state index < -0.39 is 11.9 Å². The Balaban J connectivity index is 2.77. The topological polar surface area (TPSA) is 26.3 Å². The molecule has 2 nitrogen and oxygen atoms in total. The average molecular weight is 231 g/mol. The maximum atomic E-state index is 13.3. The second-order valence-corrected chi connectivity index (χ2v) is 3.69. The van der Waals surface area contributed by atoms with Gasteiger partial charge in [0.05, 0.1) is 0 Å². The predicted octanol–water partition coefficient (Wildman–Crippen LogP) is 2.63. The van der Waals surface area contributed by atoms with Gasteiger partial charge in [-0.3, -0.25) is 4.79 Å². The van der Waals surface area contributed by atoms with E-state index >= 15 is 0 Å². The monoisotopic (exact) mass is 230 g/mol.